The van der Waals surface area contributed by atoms with Gasteiger partial charge in [-0.15, -0.1) is 0 Å². The van der Waals surface area contributed by atoms with Crippen LogP contribution >= 0.6 is 0 Å². The summed E-state index contributed by atoms with van der Waals surface area (Å²) >= 11 is 0. The molecule has 3 heteroatoms. The fourth-order valence-electron chi connectivity index (χ4n) is 1.07. The highest BCUT2D eigenvalue weighted by molar-refractivity contribution is 5.70. The molecule has 0 radical (unpaired) electrons. The molecular weight excluding hydrogens is 154 g/mol. The van der Waals surface area contributed by atoms with E-state index in [2.05, 4.69) is 4.98 Å². The summed E-state index contributed by atoms with van der Waals surface area (Å²) in [7, 11) is 0. The molecule has 64 valence electrons. The van der Waals surface area contributed by atoms with Crippen LogP contribution in [0, 0.1) is 13.8 Å². The highest BCUT2D eigenvalue weighted by Gasteiger charge is 2.04. The van der Waals surface area contributed by atoms with Gasteiger partial charge in [0.25, 0.3) is 0 Å². The lowest BCUT2D eigenvalue weighted by molar-refractivity contribution is -0.136. The van der Waals surface area contributed by atoms with Crippen molar-refractivity contribution in [3.8, 4) is 0 Å². The van der Waals surface area contributed by atoms with Gasteiger partial charge in [-0.05, 0) is 25.0 Å². The lowest BCUT2D eigenvalue weighted by atomic mass is 10.1. The van der Waals surface area contributed by atoms with Crippen molar-refractivity contribution in [3.63, 3.8) is 0 Å². The van der Waals surface area contributed by atoms with E-state index in [1.54, 1.807) is 6.20 Å². The maximum Gasteiger partial charge on any atom is 0.309 e. The molecule has 0 aliphatic carbocycles. The molecule has 0 aliphatic rings. The van der Waals surface area contributed by atoms with Crippen molar-refractivity contribution in [3.05, 3.63) is 29.1 Å². The van der Waals surface area contributed by atoms with E-state index in [4.69, 9.17) is 5.11 Å². The van der Waals surface area contributed by atoms with Crippen LogP contribution in [0.5, 0.6) is 0 Å². The zero-order chi connectivity index (χ0) is 9.14. The molecule has 3 nitrogen and oxygen atoms in total. The van der Waals surface area contributed by atoms with Gasteiger partial charge < -0.3 is 5.11 Å². The van der Waals surface area contributed by atoms with Gasteiger partial charge in [-0.1, -0.05) is 6.07 Å². The molecular formula is C9H11NO2. The summed E-state index contributed by atoms with van der Waals surface area (Å²) in [4.78, 5) is 14.4. The Morgan fingerprint density at radius 2 is 2.25 bits per heavy atom. The van der Waals surface area contributed by atoms with Gasteiger partial charge in [0.15, 0.2) is 0 Å². The molecule has 0 amide bonds. The molecule has 1 rings (SSSR count). The Kier molecular flexibility index (Phi) is 2.43. The van der Waals surface area contributed by atoms with Gasteiger partial charge in [0.1, 0.15) is 0 Å². The smallest absolute Gasteiger partial charge is 0.309 e. The number of nitrogens with zero attached hydrogens (tertiary/aromatic N) is 1. The third kappa shape index (κ3) is 2.05. The second kappa shape index (κ2) is 3.34. The van der Waals surface area contributed by atoms with Crippen LogP contribution in [-0.4, -0.2) is 16.1 Å². The lowest BCUT2D eigenvalue weighted by Crippen LogP contribution is -2.04. The zero-order valence-corrected chi connectivity index (χ0v) is 7.16. The van der Waals surface area contributed by atoms with Crippen LogP contribution in [0.3, 0.4) is 0 Å². The Morgan fingerprint density at radius 3 is 2.75 bits per heavy atom. The molecule has 1 heterocycles. The SMILES string of the molecule is Cc1cnc(CC(=O)O)c(C)c1. The van der Waals surface area contributed by atoms with Gasteiger partial charge in [-0.25, -0.2) is 0 Å². The first-order valence-corrected chi connectivity index (χ1v) is 3.73. The van der Waals surface area contributed by atoms with E-state index in [0.717, 1.165) is 11.1 Å². The van der Waals surface area contributed by atoms with Gasteiger partial charge >= 0.3 is 5.97 Å². The summed E-state index contributed by atoms with van der Waals surface area (Å²) in [5, 5.41) is 8.52. The van der Waals surface area contributed by atoms with Crippen molar-refractivity contribution in [2.45, 2.75) is 20.3 Å². The van der Waals surface area contributed by atoms with E-state index in [1.165, 1.54) is 0 Å². The number of aliphatic carboxylic acids is 1. The minimum absolute atomic E-state index is 0.00606. The van der Waals surface area contributed by atoms with E-state index in [9.17, 15) is 4.79 Å². The van der Waals surface area contributed by atoms with Crippen molar-refractivity contribution >= 4 is 5.97 Å². The number of carboxylic acids is 1. The Morgan fingerprint density at radius 1 is 1.58 bits per heavy atom. The van der Waals surface area contributed by atoms with Gasteiger partial charge in [-0.2, -0.15) is 0 Å². The molecule has 0 bridgehead atoms. The number of rotatable bonds is 2. The normalized spacial score (nSPS) is 9.83. The maximum absolute atomic E-state index is 10.4. The minimum atomic E-state index is -0.838. The number of carbonyl (C=O) groups is 1. The van der Waals surface area contributed by atoms with Crippen LogP contribution in [0.15, 0.2) is 12.3 Å². The average molecular weight is 165 g/mol. The van der Waals surface area contributed by atoms with Crippen LogP contribution in [0.25, 0.3) is 0 Å². The minimum Gasteiger partial charge on any atom is -0.481 e. The number of carboxylic acid groups (broad SMARTS) is 1. The van der Waals surface area contributed by atoms with E-state index in [1.807, 2.05) is 19.9 Å². The maximum atomic E-state index is 10.4. The van der Waals surface area contributed by atoms with E-state index in [0.29, 0.717) is 5.69 Å². The molecule has 0 saturated heterocycles. The third-order valence-corrected chi connectivity index (χ3v) is 1.64. The number of aryl methyl sites for hydroxylation is 2. The van der Waals surface area contributed by atoms with E-state index in [-0.39, 0.29) is 6.42 Å². The summed E-state index contributed by atoms with van der Waals surface area (Å²) in [6.45, 7) is 3.81. The molecule has 0 fully saturated rings. The lowest BCUT2D eigenvalue weighted by Gasteiger charge is -2.01. The number of hydrogen-bond donors (Lipinski definition) is 1. The number of pyridine rings is 1. The number of hydrogen-bond acceptors (Lipinski definition) is 2. The summed E-state index contributed by atoms with van der Waals surface area (Å²) in [5.74, 6) is -0.838. The monoisotopic (exact) mass is 165 g/mol. The molecule has 1 aromatic heterocycles. The molecule has 0 atom stereocenters. The number of aromatic nitrogens is 1. The predicted molar refractivity (Wildman–Crippen MR) is 45.1 cm³/mol. The van der Waals surface area contributed by atoms with Gasteiger partial charge in [0.05, 0.1) is 12.1 Å². The van der Waals surface area contributed by atoms with Gasteiger partial charge in [-0.3, -0.25) is 9.78 Å². The van der Waals surface area contributed by atoms with Crippen molar-refractivity contribution in [2.75, 3.05) is 0 Å². The van der Waals surface area contributed by atoms with Crippen LogP contribution in [0.4, 0.5) is 0 Å². The Labute approximate surface area is 71.1 Å². The molecule has 0 unspecified atom stereocenters. The topological polar surface area (TPSA) is 50.2 Å². The Hall–Kier alpha value is -1.38. The highest BCUT2D eigenvalue weighted by atomic mass is 16.4. The van der Waals surface area contributed by atoms with E-state index < -0.39 is 5.97 Å². The fraction of sp³-hybridized carbons (Fsp3) is 0.333. The molecule has 12 heavy (non-hydrogen) atoms. The average Bonchev–Trinajstić information content (AvgIpc) is 1.94. The molecule has 1 N–H and O–H groups in total. The van der Waals surface area contributed by atoms with Crippen molar-refractivity contribution in [1.29, 1.82) is 0 Å². The van der Waals surface area contributed by atoms with Crippen molar-refractivity contribution < 1.29 is 9.90 Å². The van der Waals surface area contributed by atoms with Crippen molar-refractivity contribution in [1.82, 2.24) is 4.98 Å². The second-order valence-corrected chi connectivity index (χ2v) is 2.85. The highest BCUT2D eigenvalue weighted by Crippen LogP contribution is 2.07. The largest absolute Gasteiger partial charge is 0.481 e. The predicted octanol–water partition coefficient (Wildman–Crippen LogP) is 1.33. The van der Waals surface area contributed by atoms with Crippen molar-refractivity contribution in [2.24, 2.45) is 0 Å². The van der Waals surface area contributed by atoms with Crippen LogP contribution in [0.2, 0.25) is 0 Å². The summed E-state index contributed by atoms with van der Waals surface area (Å²) in [6.07, 6.45) is 1.69. The van der Waals surface area contributed by atoms with Crippen LogP contribution in [0.1, 0.15) is 16.8 Å². The molecule has 0 spiro atoms. The first-order valence-electron chi connectivity index (χ1n) is 3.73. The Balaban J connectivity index is 2.93. The quantitative estimate of drug-likeness (QED) is 0.719. The molecule has 0 aliphatic heterocycles. The first kappa shape index (κ1) is 8.71. The van der Waals surface area contributed by atoms with Gasteiger partial charge in [0, 0.05) is 6.20 Å². The third-order valence-electron chi connectivity index (χ3n) is 1.64. The summed E-state index contributed by atoms with van der Waals surface area (Å²) < 4.78 is 0. The summed E-state index contributed by atoms with van der Waals surface area (Å²) in [6, 6.07) is 1.94. The molecule has 0 aromatic carbocycles. The Bertz CT molecular complexity index is 307. The van der Waals surface area contributed by atoms with Crippen LogP contribution in [-0.2, 0) is 11.2 Å². The standard InChI is InChI=1S/C9H11NO2/c1-6-3-7(2)8(10-5-6)4-9(11)12/h3,5H,4H2,1-2H3,(H,11,12). The van der Waals surface area contributed by atoms with Crippen LogP contribution < -0.4 is 0 Å². The summed E-state index contributed by atoms with van der Waals surface area (Å²) in [5.41, 5.74) is 2.65. The van der Waals surface area contributed by atoms with Gasteiger partial charge in [0.2, 0.25) is 0 Å². The molecule has 1 aromatic rings. The fourth-order valence-corrected chi connectivity index (χ4v) is 1.07. The second-order valence-electron chi connectivity index (χ2n) is 2.85. The van der Waals surface area contributed by atoms with E-state index >= 15 is 0 Å². The molecule has 0 saturated carbocycles. The first-order chi connectivity index (χ1) is 5.59. The zero-order valence-electron chi connectivity index (χ0n) is 7.16.